The summed E-state index contributed by atoms with van der Waals surface area (Å²) in [7, 11) is 0. The molecular weight excluding hydrogens is 238 g/mol. The molecule has 0 spiro atoms. The molecule has 2 nitrogen and oxygen atoms in total. The van der Waals surface area contributed by atoms with Gasteiger partial charge in [-0.1, -0.05) is 19.4 Å². The first-order valence-corrected chi connectivity index (χ1v) is 7.18. The molecular formula is C12H15NOS2. The van der Waals surface area contributed by atoms with Gasteiger partial charge >= 0.3 is 0 Å². The molecule has 1 atom stereocenters. The predicted octanol–water partition coefficient (Wildman–Crippen LogP) is 3.43. The van der Waals surface area contributed by atoms with Gasteiger partial charge in [-0.05, 0) is 17.4 Å². The minimum absolute atomic E-state index is 0.254. The average Bonchev–Trinajstić information content (AvgIpc) is 2.96. The van der Waals surface area contributed by atoms with Gasteiger partial charge in [-0.3, -0.25) is 0 Å². The van der Waals surface area contributed by atoms with Crippen molar-refractivity contribution < 1.29 is 5.11 Å². The third-order valence-corrected chi connectivity index (χ3v) is 4.39. The van der Waals surface area contributed by atoms with E-state index in [0.29, 0.717) is 5.92 Å². The Hall–Kier alpha value is -0.710. The predicted molar refractivity (Wildman–Crippen MR) is 70.0 cm³/mol. The first kappa shape index (κ1) is 11.8. The van der Waals surface area contributed by atoms with E-state index < -0.39 is 0 Å². The van der Waals surface area contributed by atoms with Gasteiger partial charge in [0.1, 0.15) is 0 Å². The third kappa shape index (κ3) is 2.70. The molecule has 0 saturated heterocycles. The summed E-state index contributed by atoms with van der Waals surface area (Å²) in [5.74, 6) is 0.349. The van der Waals surface area contributed by atoms with Crippen LogP contribution in [0.4, 0.5) is 0 Å². The molecule has 2 heterocycles. The number of hydrogen-bond donors (Lipinski definition) is 1. The summed E-state index contributed by atoms with van der Waals surface area (Å²) >= 11 is 3.41. The Kier molecular flexibility index (Phi) is 4.09. The van der Waals surface area contributed by atoms with Crippen molar-refractivity contribution >= 4 is 22.7 Å². The van der Waals surface area contributed by atoms with Crippen LogP contribution in [0.1, 0.15) is 18.4 Å². The van der Waals surface area contributed by atoms with Gasteiger partial charge in [0.15, 0.2) is 0 Å². The normalized spacial score (nSPS) is 12.9. The lowest BCUT2D eigenvalue weighted by atomic mass is 10.0. The van der Waals surface area contributed by atoms with Crippen molar-refractivity contribution in [2.24, 2.45) is 5.92 Å². The quantitative estimate of drug-likeness (QED) is 0.885. The first-order chi connectivity index (χ1) is 7.83. The van der Waals surface area contributed by atoms with E-state index in [1.54, 1.807) is 22.7 Å². The molecule has 1 unspecified atom stereocenters. The van der Waals surface area contributed by atoms with Gasteiger partial charge in [-0.25, -0.2) is 4.98 Å². The van der Waals surface area contributed by atoms with Gasteiger partial charge in [-0.15, -0.1) is 22.7 Å². The van der Waals surface area contributed by atoms with Crippen molar-refractivity contribution in [2.75, 3.05) is 6.61 Å². The van der Waals surface area contributed by atoms with E-state index in [2.05, 4.69) is 28.7 Å². The molecule has 0 radical (unpaired) electrons. The molecule has 0 aromatic carbocycles. The van der Waals surface area contributed by atoms with Crippen LogP contribution < -0.4 is 0 Å². The summed E-state index contributed by atoms with van der Waals surface area (Å²) in [5.41, 5.74) is 1.07. The summed E-state index contributed by atoms with van der Waals surface area (Å²) in [5, 5.41) is 14.5. The molecule has 4 heteroatoms. The van der Waals surface area contributed by atoms with E-state index in [4.69, 9.17) is 5.11 Å². The Labute approximate surface area is 104 Å². The Morgan fingerprint density at radius 1 is 1.44 bits per heavy atom. The van der Waals surface area contributed by atoms with Crippen molar-refractivity contribution in [3.63, 3.8) is 0 Å². The topological polar surface area (TPSA) is 33.1 Å². The molecule has 0 aliphatic carbocycles. The Balaban J connectivity index is 2.08. The zero-order valence-electron chi connectivity index (χ0n) is 9.22. The van der Waals surface area contributed by atoms with Gasteiger partial charge < -0.3 is 5.11 Å². The Morgan fingerprint density at radius 3 is 2.94 bits per heavy atom. The van der Waals surface area contributed by atoms with E-state index >= 15 is 0 Å². The fraction of sp³-hybridized carbons (Fsp3) is 0.417. The summed E-state index contributed by atoms with van der Waals surface area (Å²) in [6, 6.07) is 4.13. The summed E-state index contributed by atoms with van der Waals surface area (Å²) in [4.78, 5) is 5.83. The highest BCUT2D eigenvalue weighted by atomic mass is 32.1. The van der Waals surface area contributed by atoms with Crippen LogP contribution >= 0.6 is 22.7 Å². The fourth-order valence-corrected chi connectivity index (χ4v) is 3.20. The molecule has 0 amide bonds. The molecule has 0 aliphatic heterocycles. The maximum absolute atomic E-state index is 9.16. The highest BCUT2D eigenvalue weighted by Gasteiger charge is 2.10. The number of aromatic nitrogens is 1. The van der Waals surface area contributed by atoms with Crippen molar-refractivity contribution in [1.29, 1.82) is 0 Å². The van der Waals surface area contributed by atoms with E-state index in [-0.39, 0.29) is 6.61 Å². The van der Waals surface area contributed by atoms with Crippen LogP contribution in [-0.2, 0) is 6.42 Å². The summed E-state index contributed by atoms with van der Waals surface area (Å²) < 4.78 is 0. The van der Waals surface area contributed by atoms with Crippen LogP contribution in [0.15, 0.2) is 22.9 Å². The number of aliphatic hydroxyl groups excluding tert-OH is 1. The Bertz CT molecular complexity index is 418. The monoisotopic (exact) mass is 253 g/mol. The second-order valence-corrected chi connectivity index (χ2v) is 5.66. The zero-order valence-corrected chi connectivity index (χ0v) is 10.9. The Morgan fingerprint density at radius 2 is 2.31 bits per heavy atom. The second-order valence-electron chi connectivity index (χ2n) is 3.76. The molecule has 0 aliphatic rings. The molecule has 16 heavy (non-hydrogen) atoms. The van der Waals surface area contributed by atoms with Crippen LogP contribution in [0, 0.1) is 5.92 Å². The highest BCUT2D eigenvalue weighted by Crippen LogP contribution is 2.27. The average molecular weight is 253 g/mol. The number of rotatable bonds is 5. The van der Waals surface area contributed by atoms with Crippen LogP contribution in [0.2, 0.25) is 0 Å². The lowest BCUT2D eigenvalue weighted by molar-refractivity contribution is 0.222. The molecule has 86 valence electrons. The van der Waals surface area contributed by atoms with Gasteiger partial charge in [0, 0.05) is 18.4 Å². The summed E-state index contributed by atoms with van der Waals surface area (Å²) in [6.07, 6.45) is 1.90. The minimum Gasteiger partial charge on any atom is -0.396 e. The maximum Gasteiger partial charge on any atom is 0.0936 e. The van der Waals surface area contributed by atoms with Crippen LogP contribution in [0.5, 0.6) is 0 Å². The fourth-order valence-electron chi connectivity index (χ4n) is 1.53. The van der Waals surface area contributed by atoms with Crippen molar-refractivity contribution in [3.8, 4) is 10.6 Å². The molecule has 2 rings (SSSR count). The molecule has 0 saturated carbocycles. The lowest BCUT2D eigenvalue weighted by Gasteiger charge is -2.07. The molecule has 0 fully saturated rings. The van der Waals surface area contributed by atoms with Crippen molar-refractivity contribution in [1.82, 2.24) is 4.98 Å². The SMILES string of the molecule is CCC(CO)Cc1nc(-c2cccs2)cs1. The zero-order chi connectivity index (χ0) is 11.4. The third-order valence-electron chi connectivity index (χ3n) is 2.62. The summed E-state index contributed by atoms with van der Waals surface area (Å²) in [6.45, 7) is 2.36. The number of nitrogens with zero attached hydrogens (tertiary/aromatic N) is 1. The minimum atomic E-state index is 0.254. The highest BCUT2D eigenvalue weighted by molar-refractivity contribution is 7.14. The number of aliphatic hydroxyl groups is 1. The van der Waals surface area contributed by atoms with Crippen LogP contribution in [0.25, 0.3) is 10.6 Å². The van der Waals surface area contributed by atoms with E-state index in [0.717, 1.165) is 23.5 Å². The van der Waals surface area contributed by atoms with Gasteiger partial charge in [0.05, 0.1) is 15.6 Å². The number of hydrogen-bond acceptors (Lipinski definition) is 4. The van der Waals surface area contributed by atoms with Crippen LogP contribution in [-0.4, -0.2) is 16.7 Å². The number of thiazole rings is 1. The molecule has 2 aromatic rings. The molecule has 1 N–H and O–H groups in total. The van der Waals surface area contributed by atoms with Crippen molar-refractivity contribution in [3.05, 3.63) is 27.9 Å². The van der Waals surface area contributed by atoms with Crippen LogP contribution in [0.3, 0.4) is 0 Å². The smallest absolute Gasteiger partial charge is 0.0936 e. The van der Waals surface area contributed by atoms with E-state index in [1.165, 1.54) is 4.88 Å². The van der Waals surface area contributed by atoms with E-state index in [9.17, 15) is 0 Å². The molecule has 0 bridgehead atoms. The lowest BCUT2D eigenvalue weighted by Crippen LogP contribution is -2.07. The van der Waals surface area contributed by atoms with Gasteiger partial charge in [0.25, 0.3) is 0 Å². The van der Waals surface area contributed by atoms with Gasteiger partial charge in [-0.2, -0.15) is 0 Å². The van der Waals surface area contributed by atoms with E-state index in [1.807, 2.05) is 6.07 Å². The number of thiophene rings is 1. The second kappa shape index (κ2) is 5.57. The maximum atomic E-state index is 9.16. The van der Waals surface area contributed by atoms with Gasteiger partial charge in [0.2, 0.25) is 0 Å². The first-order valence-electron chi connectivity index (χ1n) is 5.42. The molecule has 2 aromatic heterocycles. The van der Waals surface area contributed by atoms with Crippen molar-refractivity contribution in [2.45, 2.75) is 19.8 Å². The largest absolute Gasteiger partial charge is 0.396 e. The standard InChI is InChI=1S/C12H15NOS2/c1-2-9(7-14)6-12-13-10(8-16-12)11-4-3-5-15-11/h3-5,8-9,14H,2,6-7H2,1H3.